The van der Waals surface area contributed by atoms with Gasteiger partial charge in [-0.15, -0.1) is 0 Å². The minimum absolute atomic E-state index is 0.211. The van der Waals surface area contributed by atoms with Gasteiger partial charge >= 0.3 is 5.69 Å². The predicted molar refractivity (Wildman–Crippen MR) is 107 cm³/mol. The van der Waals surface area contributed by atoms with Gasteiger partial charge in [0.25, 0.3) is 5.56 Å². The van der Waals surface area contributed by atoms with Crippen LogP contribution >= 0.6 is 0 Å². The lowest BCUT2D eigenvalue weighted by Gasteiger charge is -2.18. The molecule has 140 valence electrons. The number of anilines is 1. The highest BCUT2D eigenvalue weighted by molar-refractivity contribution is 5.97. The van der Waals surface area contributed by atoms with Gasteiger partial charge in [-0.25, -0.2) is 9.79 Å². The third-order valence-electron chi connectivity index (χ3n) is 4.26. The van der Waals surface area contributed by atoms with Gasteiger partial charge in [0.15, 0.2) is 5.69 Å². The monoisotopic (exact) mass is 367 g/mol. The number of aromatic nitrogens is 2. The van der Waals surface area contributed by atoms with Crippen molar-refractivity contribution in [3.8, 4) is 5.88 Å². The number of rotatable bonds is 2. The van der Waals surface area contributed by atoms with Gasteiger partial charge in [-0.05, 0) is 22.9 Å². The molecule has 0 saturated heterocycles. The SMILES string of the molecule is CN(C)C(=Nc1c(O)n(C)c(=O)n(C)c1=O)Nc1ccc2ccccc2c1. The van der Waals surface area contributed by atoms with Gasteiger partial charge in [0.1, 0.15) is 0 Å². The summed E-state index contributed by atoms with van der Waals surface area (Å²) in [5, 5.41) is 15.5. The maximum atomic E-state index is 12.4. The minimum atomic E-state index is -0.671. The molecule has 3 aromatic rings. The number of guanidine groups is 1. The van der Waals surface area contributed by atoms with Crippen molar-refractivity contribution < 1.29 is 5.11 Å². The summed E-state index contributed by atoms with van der Waals surface area (Å²) in [6.45, 7) is 0. The molecule has 0 unspecified atom stereocenters. The molecule has 0 fully saturated rings. The topological polar surface area (TPSA) is 91.9 Å². The molecular formula is C19H21N5O3. The van der Waals surface area contributed by atoms with Crippen molar-refractivity contribution in [2.24, 2.45) is 19.1 Å². The first kappa shape index (κ1) is 18.2. The molecule has 0 aliphatic rings. The van der Waals surface area contributed by atoms with Crippen LogP contribution in [-0.4, -0.2) is 39.2 Å². The molecule has 0 radical (unpaired) electrons. The lowest BCUT2D eigenvalue weighted by molar-refractivity contribution is 0.414. The Morgan fingerprint density at radius 3 is 2.37 bits per heavy atom. The summed E-state index contributed by atoms with van der Waals surface area (Å²) < 4.78 is 1.88. The van der Waals surface area contributed by atoms with Crippen LogP contribution in [-0.2, 0) is 14.1 Å². The largest absolute Gasteiger partial charge is 0.493 e. The molecule has 0 saturated carbocycles. The average molecular weight is 367 g/mol. The van der Waals surface area contributed by atoms with E-state index in [4.69, 9.17) is 0 Å². The van der Waals surface area contributed by atoms with E-state index in [1.165, 1.54) is 14.1 Å². The van der Waals surface area contributed by atoms with Gasteiger partial charge in [0.2, 0.25) is 11.8 Å². The van der Waals surface area contributed by atoms with Gasteiger partial charge in [0.05, 0.1) is 0 Å². The summed E-state index contributed by atoms with van der Waals surface area (Å²) in [5.41, 5.74) is -0.723. The fourth-order valence-corrected chi connectivity index (χ4v) is 2.66. The Labute approximate surface area is 155 Å². The zero-order chi connectivity index (χ0) is 19.7. The quantitative estimate of drug-likeness (QED) is 0.530. The molecule has 0 aliphatic heterocycles. The normalized spacial score (nSPS) is 11.6. The van der Waals surface area contributed by atoms with E-state index in [0.717, 1.165) is 25.6 Å². The van der Waals surface area contributed by atoms with Crippen molar-refractivity contribution in [1.82, 2.24) is 14.0 Å². The molecule has 1 aromatic heterocycles. The number of hydrogen-bond acceptors (Lipinski definition) is 4. The summed E-state index contributed by atoms with van der Waals surface area (Å²) in [4.78, 5) is 30.2. The standard InChI is InChI=1S/C19H21N5O3/c1-22(2)18(20-14-10-9-12-7-5-6-8-13(12)11-14)21-15-16(25)23(3)19(27)24(4)17(15)26/h5-11,25H,1-4H3,(H,20,21). The molecule has 2 aromatic carbocycles. The molecule has 0 aliphatic carbocycles. The molecule has 3 rings (SSSR count). The molecule has 0 spiro atoms. The second kappa shape index (κ2) is 6.99. The number of benzene rings is 2. The highest BCUT2D eigenvalue weighted by Crippen LogP contribution is 2.21. The van der Waals surface area contributed by atoms with Gasteiger partial charge in [0, 0.05) is 33.9 Å². The molecule has 8 heteroatoms. The van der Waals surface area contributed by atoms with Gasteiger partial charge in [-0.1, -0.05) is 30.3 Å². The Bertz CT molecular complexity index is 1160. The van der Waals surface area contributed by atoms with E-state index in [2.05, 4.69) is 10.3 Å². The number of aliphatic imine (C=N–C) groups is 1. The maximum absolute atomic E-state index is 12.4. The van der Waals surface area contributed by atoms with Crippen LogP contribution in [0, 0.1) is 0 Å². The zero-order valence-corrected chi connectivity index (χ0v) is 15.6. The van der Waals surface area contributed by atoms with Crippen LogP contribution in [0.4, 0.5) is 11.4 Å². The number of nitrogens with zero attached hydrogens (tertiary/aromatic N) is 4. The van der Waals surface area contributed by atoms with Crippen LogP contribution in [0.1, 0.15) is 0 Å². The first-order chi connectivity index (χ1) is 12.8. The van der Waals surface area contributed by atoms with Gasteiger partial charge in [-0.3, -0.25) is 13.9 Å². The highest BCUT2D eigenvalue weighted by atomic mass is 16.3. The lowest BCUT2D eigenvalue weighted by atomic mass is 10.1. The number of nitrogens with one attached hydrogen (secondary N) is 1. The maximum Gasteiger partial charge on any atom is 0.333 e. The van der Waals surface area contributed by atoms with Gasteiger partial charge in [-0.2, -0.15) is 0 Å². The van der Waals surface area contributed by atoms with E-state index in [0.29, 0.717) is 5.96 Å². The van der Waals surface area contributed by atoms with Crippen molar-refractivity contribution in [3.05, 3.63) is 63.3 Å². The van der Waals surface area contributed by atoms with Crippen LogP contribution in [0.5, 0.6) is 5.88 Å². The van der Waals surface area contributed by atoms with E-state index in [9.17, 15) is 14.7 Å². The Hall–Kier alpha value is -3.55. The fraction of sp³-hybridized carbons (Fsp3) is 0.211. The smallest absolute Gasteiger partial charge is 0.333 e. The molecule has 8 nitrogen and oxygen atoms in total. The summed E-state index contributed by atoms with van der Waals surface area (Å²) in [6.07, 6.45) is 0. The molecule has 27 heavy (non-hydrogen) atoms. The molecule has 0 atom stereocenters. The Morgan fingerprint density at radius 2 is 1.70 bits per heavy atom. The minimum Gasteiger partial charge on any atom is -0.493 e. The lowest BCUT2D eigenvalue weighted by Crippen LogP contribution is -2.37. The summed E-state index contributed by atoms with van der Waals surface area (Å²) in [7, 11) is 6.24. The first-order valence-corrected chi connectivity index (χ1v) is 8.30. The van der Waals surface area contributed by atoms with Crippen molar-refractivity contribution in [1.29, 1.82) is 0 Å². The number of fused-ring (bicyclic) bond motifs is 1. The second-order valence-corrected chi connectivity index (χ2v) is 6.39. The van der Waals surface area contributed by atoms with E-state index >= 15 is 0 Å². The van der Waals surface area contributed by atoms with E-state index in [1.807, 2.05) is 42.5 Å². The Morgan fingerprint density at radius 1 is 1.04 bits per heavy atom. The van der Waals surface area contributed by atoms with Gasteiger partial charge < -0.3 is 15.3 Å². The van der Waals surface area contributed by atoms with Crippen LogP contribution in [0.3, 0.4) is 0 Å². The Balaban J connectivity index is 2.08. The highest BCUT2D eigenvalue weighted by Gasteiger charge is 2.16. The van der Waals surface area contributed by atoms with Crippen molar-refractivity contribution in [3.63, 3.8) is 0 Å². The summed E-state index contributed by atoms with van der Waals surface area (Å²) in [6, 6.07) is 13.8. The van der Waals surface area contributed by atoms with Crippen LogP contribution in [0.2, 0.25) is 0 Å². The number of hydrogen-bond donors (Lipinski definition) is 2. The van der Waals surface area contributed by atoms with Crippen LogP contribution in [0.15, 0.2) is 57.0 Å². The third kappa shape index (κ3) is 3.41. The molecular weight excluding hydrogens is 346 g/mol. The van der Waals surface area contributed by atoms with E-state index < -0.39 is 17.1 Å². The van der Waals surface area contributed by atoms with Crippen molar-refractivity contribution >= 4 is 28.1 Å². The Kier molecular flexibility index (Phi) is 4.72. The fourth-order valence-electron chi connectivity index (χ4n) is 2.66. The van der Waals surface area contributed by atoms with Crippen molar-refractivity contribution in [2.75, 3.05) is 19.4 Å². The zero-order valence-electron chi connectivity index (χ0n) is 15.6. The summed E-state index contributed by atoms with van der Waals surface area (Å²) in [5.74, 6) is -0.140. The van der Waals surface area contributed by atoms with E-state index in [-0.39, 0.29) is 5.69 Å². The van der Waals surface area contributed by atoms with E-state index in [1.54, 1.807) is 19.0 Å². The second-order valence-electron chi connectivity index (χ2n) is 6.39. The van der Waals surface area contributed by atoms with Crippen LogP contribution in [0.25, 0.3) is 10.8 Å². The first-order valence-electron chi connectivity index (χ1n) is 8.30. The van der Waals surface area contributed by atoms with Crippen LogP contribution < -0.4 is 16.6 Å². The molecule has 0 amide bonds. The average Bonchev–Trinajstić information content (AvgIpc) is 2.67. The summed E-state index contributed by atoms with van der Waals surface area (Å²) >= 11 is 0. The van der Waals surface area contributed by atoms with Crippen molar-refractivity contribution in [2.45, 2.75) is 0 Å². The molecule has 1 heterocycles. The molecule has 2 N–H and O–H groups in total. The predicted octanol–water partition coefficient (Wildman–Crippen LogP) is 1.60. The third-order valence-corrected chi connectivity index (χ3v) is 4.26. The molecule has 0 bridgehead atoms. The number of aromatic hydroxyl groups is 1.